The van der Waals surface area contributed by atoms with E-state index >= 15 is 0 Å². The number of nitrogens with one attached hydrogen (secondary N) is 2. The second-order valence-corrected chi connectivity index (χ2v) is 6.45. The van der Waals surface area contributed by atoms with Gasteiger partial charge in [0.05, 0.1) is 13.5 Å². The lowest BCUT2D eigenvalue weighted by Crippen LogP contribution is -2.43. The van der Waals surface area contributed by atoms with E-state index in [2.05, 4.69) is 10.3 Å². The molecule has 0 aliphatic heterocycles. The first kappa shape index (κ1) is 18.0. The van der Waals surface area contributed by atoms with Crippen LogP contribution in [0.15, 0.2) is 54.7 Å². The van der Waals surface area contributed by atoms with E-state index in [4.69, 9.17) is 16.3 Å². The normalized spacial score (nSPS) is 11.9. The van der Waals surface area contributed by atoms with Crippen molar-refractivity contribution in [1.29, 1.82) is 0 Å². The number of H-pyrrole nitrogens is 1. The van der Waals surface area contributed by atoms with Gasteiger partial charge in [0.15, 0.2) is 0 Å². The van der Waals surface area contributed by atoms with Gasteiger partial charge in [-0.05, 0) is 29.3 Å². The molecule has 6 heteroatoms. The van der Waals surface area contributed by atoms with E-state index in [1.807, 2.05) is 30.5 Å². The van der Waals surface area contributed by atoms with Crippen LogP contribution in [-0.4, -0.2) is 30.0 Å². The van der Waals surface area contributed by atoms with E-state index < -0.39 is 12.0 Å². The van der Waals surface area contributed by atoms with Crippen molar-refractivity contribution in [2.45, 2.75) is 18.9 Å². The molecule has 0 fully saturated rings. The maximum atomic E-state index is 12.4. The van der Waals surface area contributed by atoms with Crippen molar-refractivity contribution < 1.29 is 14.3 Å². The largest absolute Gasteiger partial charge is 0.467 e. The summed E-state index contributed by atoms with van der Waals surface area (Å²) >= 11 is 5.86. The number of aromatic amines is 1. The quantitative estimate of drug-likeness (QED) is 0.654. The molecule has 2 aromatic carbocycles. The summed E-state index contributed by atoms with van der Waals surface area (Å²) < 4.78 is 4.86. The van der Waals surface area contributed by atoms with Crippen molar-refractivity contribution in [2.24, 2.45) is 0 Å². The van der Waals surface area contributed by atoms with Crippen LogP contribution < -0.4 is 5.32 Å². The third-order valence-electron chi connectivity index (χ3n) is 4.20. The fourth-order valence-corrected chi connectivity index (χ4v) is 3.01. The average Bonchev–Trinajstić information content (AvgIpc) is 3.05. The summed E-state index contributed by atoms with van der Waals surface area (Å²) in [6, 6.07) is 14.1. The highest BCUT2D eigenvalue weighted by atomic mass is 35.5. The average molecular weight is 371 g/mol. The Kier molecular flexibility index (Phi) is 5.58. The molecule has 2 N–H and O–H groups in total. The Morgan fingerprint density at radius 3 is 2.62 bits per heavy atom. The second-order valence-electron chi connectivity index (χ2n) is 6.01. The Morgan fingerprint density at radius 2 is 1.88 bits per heavy atom. The van der Waals surface area contributed by atoms with Crippen LogP contribution in [0.3, 0.4) is 0 Å². The van der Waals surface area contributed by atoms with Gasteiger partial charge in [0.1, 0.15) is 6.04 Å². The Labute approximate surface area is 156 Å². The number of amides is 1. The molecule has 0 saturated carbocycles. The van der Waals surface area contributed by atoms with Gasteiger partial charge in [0.2, 0.25) is 5.91 Å². The first-order chi connectivity index (χ1) is 12.6. The molecule has 26 heavy (non-hydrogen) atoms. The maximum absolute atomic E-state index is 12.4. The number of aromatic nitrogens is 1. The minimum atomic E-state index is -0.751. The Hall–Kier alpha value is -2.79. The van der Waals surface area contributed by atoms with E-state index in [1.54, 1.807) is 24.3 Å². The number of carbonyl (C=O) groups excluding carboxylic acids is 2. The van der Waals surface area contributed by atoms with E-state index in [1.165, 1.54) is 7.11 Å². The molecule has 0 aliphatic carbocycles. The number of hydrogen-bond donors (Lipinski definition) is 2. The predicted octanol–water partition coefficient (Wildman–Crippen LogP) is 3.26. The van der Waals surface area contributed by atoms with Crippen LogP contribution in [0.1, 0.15) is 11.1 Å². The number of hydrogen-bond acceptors (Lipinski definition) is 3. The topological polar surface area (TPSA) is 71.2 Å². The molecule has 134 valence electrons. The van der Waals surface area contributed by atoms with Crippen LogP contribution in [0.25, 0.3) is 10.9 Å². The standard InChI is InChI=1S/C20H19ClN2O3/c1-26-20(25)18(11-14-12-22-17-5-3-2-4-16(14)17)23-19(24)10-13-6-8-15(21)9-7-13/h2-9,12,18,22H,10-11H2,1H3,(H,23,24)/t18-/m0/s1. The maximum Gasteiger partial charge on any atom is 0.328 e. The fourth-order valence-electron chi connectivity index (χ4n) is 2.89. The highest BCUT2D eigenvalue weighted by molar-refractivity contribution is 6.30. The second kappa shape index (κ2) is 8.06. The number of ether oxygens (including phenoxy) is 1. The van der Waals surface area contributed by atoms with Crippen molar-refractivity contribution in [3.05, 3.63) is 70.9 Å². The summed E-state index contributed by atoms with van der Waals surface area (Å²) in [4.78, 5) is 27.7. The summed E-state index contributed by atoms with van der Waals surface area (Å²) in [5.41, 5.74) is 2.75. The van der Waals surface area contributed by atoms with Crippen LogP contribution in [0.5, 0.6) is 0 Å². The molecular formula is C20H19ClN2O3. The van der Waals surface area contributed by atoms with Crippen LogP contribution >= 0.6 is 11.6 Å². The van der Waals surface area contributed by atoms with Gasteiger partial charge in [-0.1, -0.05) is 41.9 Å². The van der Waals surface area contributed by atoms with E-state index in [-0.39, 0.29) is 12.3 Å². The molecule has 1 aromatic heterocycles. The van der Waals surface area contributed by atoms with Gasteiger partial charge in [-0.25, -0.2) is 4.79 Å². The molecule has 1 atom stereocenters. The summed E-state index contributed by atoms with van der Waals surface area (Å²) in [5, 5.41) is 4.41. The summed E-state index contributed by atoms with van der Waals surface area (Å²) in [6.45, 7) is 0. The number of carbonyl (C=O) groups is 2. The van der Waals surface area contributed by atoms with Gasteiger partial charge in [0, 0.05) is 28.5 Å². The van der Waals surface area contributed by atoms with E-state index in [9.17, 15) is 9.59 Å². The van der Waals surface area contributed by atoms with Crippen LogP contribution in [0, 0.1) is 0 Å². The Morgan fingerprint density at radius 1 is 1.15 bits per heavy atom. The first-order valence-corrected chi connectivity index (χ1v) is 8.61. The third-order valence-corrected chi connectivity index (χ3v) is 4.45. The van der Waals surface area contributed by atoms with Gasteiger partial charge < -0.3 is 15.0 Å². The van der Waals surface area contributed by atoms with Crippen molar-refractivity contribution >= 4 is 34.4 Å². The predicted molar refractivity (Wildman–Crippen MR) is 101 cm³/mol. The van der Waals surface area contributed by atoms with Gasteiger partial charge >= 0.3 is 5.97 Å². The van der Waals surface area contributed by atoms with E-state index in [0.717, 1.165) is 22.0 Å². The lowest BCUT2D eigenvalue weighted by Gasteiger charge is -2.16. The van der Waals surface area contributed by atoms with Crippen molar-refractivity contribution in [3.8, 4) is 0 Å². The molecule has 0 saturated heterocycles. The SMILES string of the molecule is COC(=O)[C@H](Cc1c[nH]c2ccccc12)NC(=O)Cc1ccc(Cl)cc1. The summed E-state index contributed by atoms with van der Waals surface area (Å²) in [7, 11) is 1.32. The smallest absolute Gasteiger partial charge is 0.328 e. The van der Waals surface area contributed by atoms with Gasteiger partial charge in [-0.15, -0.1) is 0 Å². The number of methoxy groups -OCH3 is 1. The first-order valence-electron chi connectivity index (χ1n) is 8.23. The third kappa shape index (κ3) is 4.24. The number of benzene rings is 2. The molecular weight excluding hydrogens is 352 g/mol. The minimum Gasteiger partial charge on any atom is -0.467 e. The van der Waals surface area contributed by atoms with Crippen LogP contribution in [0.2, 0.25) is 5.02 Å². The molecule has 0 spiro atoms. The van der Waals surface area contributed by atoms with E-state index in [0.29, 0.717) is 11.4 Å². The highest BCUT2D eigenvalue weighted by Gasteiger charge is 2.23. The van der Waals surface area contributed by atoms with Crippen LogP contribution in [0.4, 0.5) is 0 Å². The fraction of sp³-hybridized carbons (Fsp3) is 0.200. The minimum absolute atomic E-state index is 0.165. The molecule has 1 amide bonds. The van der Waals surface area contributed by atoms with Crippen molar-refractivity contribution in [2.75, 3.05) is 7.11 Å². The summed E-state index contributed by atoms with van der Waals surface area (Å²) in [6.07, 6.45) is 2.37. The lowest BCUT2D eigenvalue weighted by molar-refractivity contribution is -0.145. The molecule has 3 rings (SSSR count). The molecule has 0 aliphatic rings. The number of para-hydroxylation sites is 1. The van der Waals surface area contributed by atoms with Crippen molar-refractivity contribution in [3.63, 3.8) is 0 Å². The highest BCUT2D eigenvalue weighted by Crippen LogP contribution is 2.19. The van der Waals surface area contributed by atoms with Crippen molar-refractivity contribution in [1.82, 2.24) is 10.3 Å². The molecule has 1 heterocycles. The molecule has 0 bridgehead atoms. The summed E-state index contributed by atoms with van der Waals surface area (Å²) in [5.74, 6) is -0.720. The Bertz CT molecular complexity index is 918. The Balaban J connectivity index is 1.72. The lowest BCUT2D eigenvalue weighted by atomic mass is 10.0. The monoisotopic (exact) mass is 370 g/mol. The molecule has 0 unspecified atom stereocenters. The number of esters is 1. The number of fused-ring (bicyclic) bond motifs is 1. The number of rotatable bonds is 6. The van der Waals surface area contributed by atoms with Gasteiger partial charge in [-0.3, -0.25) is 4.79 Å². The number of halogens is 1. The zero-order valence-electron chi connectivity index (χ0n) is 14.3. The molecule has 5 nitrogen and oxygen atoms in total. The zero-order chi connectivity index (χ0) is 18.5. The molecule has 0 radical (unpaired) electrons. The van der Waals surface area contributed by atoms with Gasteiger partial charge in [0.25, 0.3) is 0 Å². The molecule has 3 aromatic rings. The van der Waals surface area contributed by atoms with Crippen LogP contribution in [-0.2, 0) is 27.2 Å². The van der Waals surface area contributed by atoms with Gasteiger partial charge in [-0.2, -0.15) is 0 Å². The zero-order valence-corrected chi connectivity index (χ0v) is 15.0.